The highest BCUT2D eigenvalue weighted by Gasteiger charge is 2.57. The smallest absolute Gasteiger partial charge is 0.331 e. The molecule has 14 heteroatoms. The average Bonchev–Trinajstić information content (AvgIpc) is 3.41. The molecule has 2 unspecified atom stereocenters. The van der Waals surface area contributed by atoms with Crippen LogP contribution >= 0.6 is 0 Å². The van der Waals surface area contributed by atoms with Gasteiger partial charge in [0.2, 0.25) is 5.91 Å². The number of phenols is 2. The minimum atomic E-state index is -2.22. The van der Waals surface area contributed by atoms with Crippen LogP contribution in [0.2, 0.25) is 0 Å². The molecule has 0 aromatic heterocycles. The van der Waals surface area contributed by atoms with Gasteiger partial charge < -0.3 is 49.6 Å². The van der Waals surface area contributed by atoms with Crippen LogP contribution in [-0.2, 0) is 38.1 Å². The Balaban J connectivity index is 1.46. The Labute approximate surface area is 322 Å². The molecule has 2 aromatic rings. The molecule has 2 aliphatic rings. The van der Waals surface area contributed by atoms with Gasteiger partial charge in [0.05, 0.1) is 19.1 Å². The van der Waals surface area contributed by atoms with E-state index >= 15 is 0 Å². The molecule has 2 fully saturated rings. The van der Waals surface area contributed by atoms with Crippen molar-refractivity contribution in [3.63, 3.8) is 0 Å². The highest BCUT2D eigenvalue weighted by Crippen LogP contribution is 2.42. The Bertz CT molecular complexity index is 1670. The van der Waals surface area contributed by atoms with Gasteiger partial charge >= 0.3 is 11.9 Å². The van der Waals surface area contributed by atoms with Crippen molar-refractivity contribution in [3.8, 4) is 17.2 Å². The lowest BCUT2D eigenvalue weighted by atomic mass is 9.78. The first-order valence-electron chi connectivity index (χ1n) is 18.9. The summed E-state index contributed by atoms with van der Waals surface area (Å²) in [5.74, 6) is -4.50. The lowest BCUT2D eigenvalue weighted by molar-refractivity contribution is -0.177. The summed E-state index contributed by atoms with van der Waals surface area (Å²) < 4.78 is 29.0. The summed E-state index contributed by atoms with van der Waals surface area (Å²) >= 11 is 0. The van der Waals surface area contributed by atoms with Crippen LogP contribution in [0.5, 0.6) is 17.2 Å². The van der Waals surface area contributed by atoms with Crippen LogP contribution in [0.15, 0.2) is 48.5 Å². The number of nitrogens with one attached hydrogen (secondary N) is 2. The van der Waals surface area contributed by atoms with Gasteiger partial charge in [-0.1, -0.05) is 45.1 Å². The van der Waals surface area contributed by atoms with E-state index < -0.39 is 77.9 Å². The van der Waals surface area contributed by atoms with Gasteiger partial charge in [0.1, 0.15) is 35.2 Å². The summed E-state index contributed by atoms with van der Waals surface area (Å²) in [5.41, 5.74) is -2.30. The Morgan fingerprint density at radius 3 is 2.31 bits per heavy atom. The van der Waals surface area contributed by atoms with E-state index in [1.54, 1.807) is 58.9 Å². The molecule has 5 N–H and O–H groups in total. The molecule has 0 radical (unpaired) electrons. The number of hydrogen-bond donors (Lipinski definition) is 5. The molecule has 0 spiro atoms. The third-order valence-electron chi connectivity index (χ3n) is 9.07. The van der Waals surface area contributed by atoms with Crippen LogP contribution in [0.4, 0.5) is 5.69 Å². The fourth-order valence-electron chi connectivity index (χ4n) is 6.48. The summed E-state index contributed by atoms with van der Waals surface area (Å²) in [5, 5.41) is 36.4. The first-order valence-corrected chi connectivity index (χ1v) is 18.9. The van der Waals surface area contributed by atoms with Crippen molar-refractivity contribution in [2.45, 2.75) is 141 Å². The molecule has 1 saturated carbocycles. The maximum absolute atomic E-state index is 13.9. The van der Waals surface area contributed by atoms with Crippen molar-refractivity contribution in [2.24, 2.45) is 0 Å². The number of ether oxygens (including phenoxy) is 5. The molecule has 4 rings (SSSR count). The Morgan fingerprint density at radius 2 is 1.64 bits per heavy atom. The number of esters is 2. The van der Waals surface area contributed by atoms with Crippen LogP contribution in [0, 0.1) is 0 Å². The molecule has 2 aromatic carbocycles. The van der Waals surface area contributed by atoms with E-state index in [2.05, 4.69) is 17.6 Å². The molecule has 302 valence electrons. The first-order chi connectivity index (χ1) is 25.9. The summed E-state index contributed by atoms with van der Waals surface area (Å²) in [6.45, 7) is 11.1. The second kappa shape index (κ2) is 18.8. The van der Waals surface area contributed by atoms with Crippen molar-refractivity contribution in [3.05, 3.63) is 54.1 Å². The standard InChI is InChI=1S/C41H56N2O12/c1-7-8-9-10-11-12-21-51-28-17-15-27(16-18-28)42-37(48)29(23-35(47)54-39(2,3)4)43-38(49)41(50)24-32(36-33(25-41)53-40(5,6)55-36)52-34(46)20-14-26-13-19-30(44)31(45)22-26/h13-20,22,29,32-33,36,44-45,50H,7-12,21,23-25H2,1-6H3,(H,42,48)(H,43,49)/b20-14+/t29?,32-,33-,36?,41-/m1/s1. The minimum absolute atomic E-state index is 0.259. The van der Waals surface area contributed by atoms with Gasteiger partial charge in [-0.15, -0.1) is 0 Å². The number of aromatic hydroxyl groups is 2. The number of amides is 2. The van der Waals surface area contributed by atoms with E-state index in [0.29, 0.717) is 23.6 Å². The number of anilines is 1. The van der Waals surface area contributed by atoms with Crippen molar-refractivity contribution in [1.82, 2.24) is 5.32 Å². The highest BCUT2D eigenvalue weighted by atomic mass is 16.8. The average molecular weight is 769 g/mol. The SMILES string of the molecule is CCCCCCCCOc1ccc(NC(=O)C(CC(=O)OC(C)(C)C)NC(=O)[C@@]2(O)C[C@@H](OC(=O)/C=C/c3ccc(O)c(O)c3)C3OC(C)(C)O[C@@H]3C2)cc1. The van der Waals surface area contributed by atoms with Gasteiger partial charge in [-0.25, -0.2) is 4.79 Å². The number of hydrogen-bond acceptors (Lipinski definition) is 12. The molecular formula is C41H56N2O12. The van der Waals surface area contributed by atoms with Gasteiger partial charge in [0.15, 0.2) is 17.3 Å². The molecule has 1 heterocycles. The number of benzene rings is 2. The van der Waals surface area contributed by atoms with Crippen LogP contribution < -0.4 is 15.4 Å². The summed E-state index contributed by atoms with van der Waals surface area (Å²) in [6.07, 6.45) is 5.18. The number of fused-ring (bicyclic) bond motifs is 1. The van der Waals surface area contributed by atoms with E-state index in [0.717, 1.165) is 18.9 Å². The number of unbranched alkanes of at least 4 members (excludes halogenated alkanes) is 5. The van der Waals surface area contributed by atoms with Gasteiger partial charge in [0, 0.05) is 24.6 Å². The second-order valence-corrected chi connectivity index (χ2v) is 15.6. The quantitative estimate of drug-likeness (QED) is 0.0574. The molecule has 1 saturated heterocycles. The molecule has 14 nitrogen and oxygen atoms in total. The van der Waals surface area contributed by atoms with Crippen molar-refractivity contribution >= 4 is 35.5 Å². The predicted molar refractivity (Wildman–Crippen MR) is 203 cm³/mol. The molecule has 55 heavy (non-hydrogen) atoms. The second-order valence-electron chi connectivity index (χ2n) is 15.6. The Hall–Kier alpha value is -4.66. The topological polar surface area (TPSA) is 199 Å². The maximum Gasteiger partial charge on any atom is 0.331 e. The van der Waals surface area contributed by atoms with Crippen molar-refractivity contribution < 1.29 is 58.2 Å². The fraction of sp³-hybridized carbons (Fsp3) is 0.561. The largest absolute Gasteiger partial charge is 0.504 e. The van der Waals surface area contributed by atoms with Crippen LogP contribution in [0.25, 0.3) is 6.08 Å². The molecule has 2 amide bonds. The summed E-state index contributed by atoms with van der Waals surface area (Å²) in [6, 6.07) is 9.24. The number of carbonyl (C=O) groups is 4. The summed E-state index contributed by atoms with van der Waals surface area (Å²) in [7, 11) is 0. The van der Waals surface area contributed by atoms with E-state index in [4.69, 9.17) is 23.7 Å². The minimum Gasteiger partial charge on any atom is -0.504 e. The molecule has 1 aliphatic heterocycles. The molecule has 5 atom stereocenters. The van der Waals surface area contributed by atoms with Crippen molar-refractivity contribution in [1.29, 1.82) is 0 Å². The number of aliphatic hydroxyl groups is 1. The van der Waals surface area contributed by atoms with Crippen LogP contribution in [0.3, 0.4) is 0 Å². The van der Waals surface area contributed by atoms with Gasteiger partial charge in [-0.2, -0.15) is 0 Å². The number of carbonyl (C=O) groups excluding carboxylic acids is 4. The fourth-order valence-corrected chi connectivity index (χ4v) is 6.48. The molecule has 1 aliphatic carbocycles. The lowest BCUT2D eigenvalue weighted by Crippen LogP contribution is -2.61. The molecule has 0 bridgehead atoms. The zero-order valence-corrected chi connectivity index (χ0v) is 32.6. The van der Waals surface area contributed by atoms with Gasteiger partial charge in [0.25, 0.3) is 5.91 Å². The van der Waals surface area contributed by atoms with Gasteiger partial charge in [-0.3, -0.25) is 14.4 Å². The zero-order chi connectivity index (χ0) is 40.4. The highest BCUT2D eigenvalue weighted by molar-refractivity contribution is 6.00. The lowest BCUT2D eigenvalue weighted by Gasteiger charge is -2.40. The van der Waals surface area contributed by atoms with Crippen LogP contribution in [0.1, 0.15) is 105 Å². The van der Waals surface area contributed by atoms with E-state index in [-0.39, 0.29) is 17.9 Å². The van der Waals surface area contributed by atoms with Gasteiger partial charge in [-0.05, 0) is 89.1 Å². The van der Waals surface area contributed by atoms with E-state index in [9.17, 15) is 34.5 Å². The third kappa shape index (κ3) is 13.3. The Kier molecular flexibility index (Phi) is 14.7. The first kappa shape index (κ1) is 43.1. The zero-order valence-electron chi connectivity index (χ0n) is 32.6. The van der Waals surface area contributed by atoms with Crippen molar-refractivity contribution in [2.75, 3.05) is 11.9 Å². The van der Waals surface area contributed by atoms with Crippen LogP contribution in [-0.4, -0.2) is 87.0 Å². The summed E-state index contributed by atoms with van der Waals surface area (Å²) in [4.78, 5) is 53.5. The predicted octanol–water partition coefficient (Wildman–Crippen LogP) is 5.66. The molecular weight excluding hydrogens is 712 g/mol. The maximum atomic E-state index is 13.9. The monoisotopic (exact) mass is 768 g/mol. The van der Waals surface area contributed by atoms with E-state index in [1.165, 1.54) is 50.0 Å². The van der Waals surface area contributed by atoms with E-state index in [1.807, 2.05) is 0 Å². The normalized spacial score (nSPS) is 22.3. The third-order valence-corrected chi connectivity index (χ3v) is 9.07. The number of phenolic OH excluding ortho intramolecular Hbond substituents is 2. The number of rotatable bonds is 17. The Morgan fingerprint density at radius 1 is 0.945 bits per heavy atom.